The maximum absolute atomic E-state index is 8.93. The van der Waals surface area contributed by atoms with Crippen LogP contribution in [0.15, 0.2) is 40.9 Å². The molecule has 1 aromatic heterocycles. The van der Waals surface area contributed by atoms with Crippen molar-refractivity contribution in [3.63, 3.8) is 0 Å². The van der Waals surface area contributed by atoms with Crippen LogP contribution < -0.4 is 0 Å². The smallest absolute Gasteiger partial charge is 0.147 e. The van der Waals surface area contributed by atoms with Crippen LogP contribution in [0.3, 0.4) is 0 Å². The summed E-state index contributed by atoms with van der Waals surface area (Å²) in [5, 5.41) is 13.2. The Morgan fingerprint density at radius 2 is 2.12 bits per heavy atom. The van der Waals surface area contributed by atoms with E-state index in [0.717, 1.165) is 22.8 Å². The summed E-state index contributed by atoms with van der Waals surface area (Å²) >= 11 is 1.65. The van der Waals surface area contributed by atoms with Crippen molar-refractivity contribution in [3.8, 4) is 11.3 Å². The first-order valence-electron chi connectivity index (χ1n) is 5.53. The van der Waals surface area contributed by atoms with Gasteiger partial charge in [-0.2, -0.15) is 0 Å². The molecular formula is C13H15NO2S. The van der Waals surface area contributed by atoms with Gasteiger partial charge in [0, 0.05) is 16.9 Å². The van der Waals surface area contributed by atoms with Gasteiger partial charge >= 0.3 is 0 Å². The van der Waals surface area contributed by atoms with Gasteiger partial charge in [0.25, 0.3) is 0 Å². The topological polar surface area (TPSA) is 46.3 Å². The highest BCUT2D eigenvalue weighted by molar-refractivity contribution is 7.99. The molecule has 0 amide bonds. The first-order chi connectivity index (χ1) is 8.29. The minimum absolute atomic E-state index is 0.185. The first kappa shape index (κ1) is 12.2. The fraction of sp³-hybridized carbons (Fsp3) is 0.308. The lowest BCUT2D eigenvalue weighted by Crippen LogP contribution is -2.01. The SMILES string of the molecule is CC(CO)SCc1cc(-c2ccccc2)no1. The van der Waals surface area contributed by atoms with E-state index >= 15 is 0 Å². The molecule has 3 nitrogen and oxygen atoms in total. The van der Waals surface area contributed by atoms with Gasteiger partial charge in [-0.25, -0.2) is 0 Å². The van der Waals surface area contributed by atoms with E-state index in [2.05, 4.69) is 5.16 Å². The molecule has 2 rings (SSSR count). The second kappa shape index (κ2) is 5.89. The fourth-order valence-corrected chi connectivity index (χ4v) is 2.09. The van der Waals surface area contributed by atoms with E-state index in [-0.39, 0.29) is 11.9 Å². The van der Waals surface area contributed by atoms with Gasteiger partial charge in [0.15, 0.2) is 0 Å². The average Bonchev–Trinajstić information content (AvgIpc) is 2.86. The predicted molar refractivity (Wildman–Crippen MR) is 69.8 cm³/mol. The molecule has 1 unspecified atom stereocenters. The zero-order chi connectivity index (χ0) is 12.1. The van der Waals surface area contributed by atoms with Gasteiger partial charge in [-0.05, 0) is 0 Å². The van der Waals surface area contributed by atoms with Gasteiger partial charge in [0.1, 0.15) is 11.5 Å². The molecule has 17 heavy (non-hydrogen) atoms. The molecule has 2 aromatic rings. The van der Waals surface area contributed by atoms with Crippen molar-refractivity contribution in [2.75, 3.05) is 6.61 Å². The van der Waals surface area contributed by atoms with Crippen molar-refractivity contribution in [1.82, 2.24) is 5.16 Å². The second-order valence-corrected chi connectivity index (χ2v) is 5.28. The summed E-state index contributed by atoms with van der Waals surface area (Å²) in [6.45, 7) is 2.17. The van der Waals surface area contributed by atoms with Crippen LogP contribution in [0, 0.1) is 0 Å². The predicted octanol–water partition coefficient (Wildman–Crippen LogP) is 2.96. The molecule has 1 atom stereocenters. The lowest BCUT2D eigenvalue weighted by atomic mass is 10.1. The zero-order valence-corrected chi connectivity index (χ0v) is 10.5. The largest absolute Gasteiger partial charge is 0.395 e. The van der Waals surface area contributed by atoms with Crippen molar-refractivity contribution in [1.29, 1.82) is 0 Å². The van der Waals surface area contributed by atoms with Crippen molar-refractivity contribution < 1.29 is 9.63 Å². The number of aromatic nitrogens is 1. The molecule has 1 N–H and O–H groups in total. The number of aliphatic hydroxyl groups excluding tert-OH is 1. The van der Waals surface area contributed by atoms with Crippen LogP contribution in [0.2, 0.25) is 0 Å². The molecule has 0 saturated carbocycles. The molecule has 0 aliphatic heterocycles. The third-order valence-corrected chi connectivity index (χ3v) is 3.57. The van der Waals surface area contributed by atoms with E-state index in [4.69, 9.17) is 9.63 Å². The summed E-state index contributed by atoms with van der Waals surface area (Å²) < 4.78 is 5.26. The summed E-state index contributed by atoms with van der Waals surface area (Å²) in [6, 6.07) is 11.9. The Morgan fingerprint density at radius 1 is 1.35 bits per heavy atom. The van der Waals surface area contributed by atoms with E-state index in [0.29, 0.717) is 0 Å². The fourth-order valence-electron chi connectivity index (χ4n) is 1.40. The third-order valence-electron chi connectivity index (χ3n) is 2.40. The van der Waals surface area contributed by atoms with Crippen LogP contribution in [0.5, 0.6) is 0 Å². The van der Waals surface area contributed by atoms with Gasteiger partial charge < -0.3 is 9.63 Å². The van der Waals surface area contributed by atoms with Crippen LogP contribution in [0.25, 0.3) is 11.3 Å². The van der Waals surface area contributed by atoms with E-state index in [1.807, 2.05) is 43.3 Å². The van der Waals surface area contributed by atoms with Crippen LogP contribution in [-0.4, -0.2) is 22.1 Å². The van der Waals surface area contributed by atoms with E-state index < -0.39 is 0 Å². The molecule has 0 radical (unpaired) electrons. The van der Waals surface area contributed by atoms with Crippen LogP contribution in [-0.2, 0) is 5.75 Å². The normalized spacial score (nSPS) is 12.6. The summed E-state index contributed by atoms with van der Waals surface area (Å²) in [7, 11) is 0. The Morgan fingerprint density at radius 3 is 2.82 bits per heavy atom. The van der Waals surface area contributed by atoms with Crippen molar-refractivity contribution >= 4 is 11.8 Å². The molecule has 0 aliphatic carbocycles. The Labute approximate surface area is 105 Å². The van der Waals surface area contributed by atoms with Gasteiger partial charge in [-0.15, -0.1) is 11.8 Å². The molecule has 0 aliphatic rings. The van der Waals surface area contributed by atoms with E-state index in [1.54, 1.807) is 11.8 Å². The number of rotatable bonds is 5. The van der Waals surface area contributed by atoms with Crippen molar-refractivity contribution in [2.24, 2.45) is 0 Å². The second-order valence-electron chi connectivity index (χ2n) is 3.85. The highest BCUT2D eigenvalue weighted by atomic mass is 32.2. The summed E-state index contributed by atoms with van der Waals surface area (Å²) in [5.41, 5.74) is 1.92. The number of aliphatic hydroxyl groups is 1. The third kappa shape index (κ3) is 3.35. The summed E-state index contributed by atoms with van der Waals surface area (Å²) in [6.07, 6.45) is 0. The number of hydrogen-bond donors (Lipinski definition) is 1. The minimum Gasteiger partial charge on any atom is -0.395 e. The standard InChI is InChI=1S/C13H15NO2S/c1-10(8-15)17-9-12-7-13(14-16-12)11-5-3-2-4-6-11/h2-7,10,15H,8-9H2,1H3. The lowest BCUT2D eigenvalue weighted by molar-refractivity contribution is 0.300. The summed E-state index contributed by atoms with van der Waals surface area (Å²) in [5.74, 6) is 1.58. The highest BCUT2D eigenvalue weighted by Crippen LogP contribution is 2.22. The lowest BCUT2D eigenvalue weighted by Gasteiger charge is -2.03. The highest BCUT2D eigenvalue weighted by Gasteiger charge is 2.08. The molecule has 0 spiro atoms. The average molecular weight is 249 g/mol. The first-order valence-corrected chi connectivity index (χ1v) is 6.58. The zero-order valence-electron chi connectivity index (χ0n) is 9.67. The Hall–Kier alpha value is -1.26. The van der Waals surface area contributed by atoms with Gasteiger partial charge in [-0.3, -0.25) is 0 Å². The van der Waals surface area contributed by atoms with Crippen molar-refractivity contribution in [2.45, 2.75) is 17.9 Å². The maximum atomic E-state index is 8.93. The number of hydrogen-bond acceptors (Lipinski definition) is 4. The molecule has 1 heterocycles. The number of benzene rings is 1. The molecular weight excluding hydrogens is 234 g/mol. The van der Waals surface area contributed by atoms with Gasteiger partial charge in [0.2, 0.25) is 0 Å². The van der Waals surface area contributed by atoms with E-state index in [1.165, 1.54) is 0 Å². The maximum Gasteiger partial charge on any atom is 0.147 e. The molecule has 0 saturated heterocycles. The molecule has 0 fully saturated rings. The van der Waals surface area contributed by atoms with Gasteiger partial charge in [-0.1, -0.05) is 42.4 Å². The Balaban J connectivity index is 2.01. The Kier molecular flexibility index (Phi) is 4.23. The monoisotopic (exact) mass is 249 g/mol. The molecule has 0 bridgehead atoms. The summed E-state index contributed by atoms with van der Waals surface area (Å²) in [4.78, 5) is 0. The van der Waals surface area contributed by atoms with E-state index in [9.17, 15) is 0 Å². The molecule has 1 aromatic carbocycles. The number of nitrogens with zero attached hydrogens (tertiary/aromatic N) is 1. The quantitative estimate of drug-likeness (QED) is 0.885. The van der Waals surface area contributed by atoms with Crippen molar-refractivity contribution in [3.05, 3.63) is 42.2 Å². The van der Waals surface area contributed by atoms with Crippen LogP contribution >= 0.6 is 11.8 Å². The number of thioether (sulfide) groups is 1. The van der Waals surface area contributed by atoms with Crippen LogP contribution in [0.4, 0.5) is 0 Å². The molecule has 4 heteroatoms. The minimum atomic E-state index is 0.185. The van der Waals surface area contributed by atoms with Gasteiger partial charge in [0.05, 0.1) is 12.4 Å². The Bertz CT molecular complexity index is 455. The molecule has 90 valence electrons. The van der Waals surface area contributed by atoms with Crippen LogP contribution in [0.1, 0.15) is 12.7 Å².